The molecule has 3 fully saturated rings. The van der Waals surface area contributed by atoms with Crippen molar-refractivity contribution in [3.63, 3.8) is 0 Å². The van der Waals surface area contributed by atoms with Crippen LogP contribution in [0.5, 0.6) is 5.75 Å². The molecule has 154 valence electrons. The lowest BCUT2D eigenvalue weighted by Gasteiger charge is -2.43. The summed E-state index contributed by atoms with van der Waals surface area (Å²) in [6.45, 7) is 6.12. The maximum absolute atomic E-state index is 11.5. The van der Waals surface area contributed by atoms with Gasteiger partial charge in [-0.3, -0.25) is 4.79 Å². The van der Waals surface area contributed by atoms with E-state index in [0.717, 1.165) is 70.0 Å². The largest absolute Gasteiger partial charge is 0.497 e. The van der Waals surface area contributed by atoms with Gasteiger partial charge >= 0.3 is 5.97 Å². The van der Waals surface area contributed by atoms with Crippen LogP contribution in [0.2, 0.25) is 0 Å². The molecule has 2 atom stereocenters. The molecule has 2 aliphatic carbocycles. The van der Waals surface area contributed by atoms with Gasteiger partial charge in [0.15, 0.2) is 0 Å². The third-order valence-corrected chi connectivity index (χ3v) is 7.34. The number of carboxylic acid groups (broad SMARTS) is 1. The fraction of sp³-hybridized carbons (Fsp3) is 0.696. The van der Waals surface area contributed by atoms with Crippen molar-refractivity contribution in [1.29, 1.82) is 0 Å². The molecule has 0 bridgehead atoms. The lowest BCUT2D eigenvalue weighted by Crippen LogP contribution is -2.48. The number of benzene rings is 1. The molecule has 2 saturated carbocycles. The van der Waals surface area contributed by atoms with E-state index in [-0.39, 0.29) is 5.41 Å². The van der Waals surface area contributed by atoms with Crippen LogP contribution in [0.4, 0.5) is 0 Å². The Hall–Kier alpha value is -1.59. The highest BCUT2D eigenvalue weighted by Gasteiger charge is 2.51. The molecule has 1 aromatic carbocycles. The van der Waals surface area contributed by atoms with E-state index in [0.29, 0.717) is 6.04 Å². The molecule has 3 aliphatic rings. The van der Waals surface area contributed by atoms with Crippen molar-refractivity contribution < 1.29 is 14.6 Å². The Balaban J connectivity index is 1.39. The molecule has 0 amide bonds. The zero-order valence-corrected chi connectivity index (χ0v) is 17.2. The Morgan fingerprint density at radius 3 is 2.36 bits per heavy atom. The van der Waals surface area contributed by atoms with Gasteiger partial charge in [-0.2, -0.15) is 0 Å². The molecule has 0 spiro atoms. The topological polar surface area (TPSA) is 61.8 Å². The second kappa shape index (κ2) is 7.68. The first-order valence-corrected chi connectivity index (χ1v) is 10.8. The molecule has 1 aliphatic heterocycles. The van der Waals surface area contributed by atoms with Crippen molar-refractivity contribution in [2.45, 2.75) is 51.5 Å². The predicted molar refractivity (Wildman–Crippen MR) is 110 cm³/mol. The van der Waals surface area contributed by atoms with Gasteiger partial charge in [-0.15, -0.1) is 0 Å². The smallest absolute Gasteiger partial charge is 0.310 e. The molecule has 0 radical (unpaired) electrons. The first kappa shape index (κ1) is 19.7. The molecule has 1 saturated heterocycles. The highest BCUT2D eigenvalue weighted by molar-refractivity contribution is 5.78. The minimum absolute atomic E-state index is 0.257. The molecule has 28 heavy (non-hydrogen) atoms. The lowest BCUT2D eigenvalue weighted by atomic mass is 9.73. The predicted octanol–water partition coefficient (Wildman–Crippen LogP) is 3.18. The number of carboxylic acids is 1. The Morgan fingerprint density at radius 1 is 1.21 bits per heavy atom. The number of nitrogens with zero attached hydrogens (tertiary/aromatic N) is 1. The van der Waals surface area contributed by atoms with Gasteiger partial charge in [0.05, 0.1) is 12.5 Å². The van der Waals surface area contributed by atoms with Crippen LogP contribution >= 0.6 is 0 Å². The van der Waals surface area contributed by atoms with Crippen LogP contribution in [-0.4, -0.2) is 55.3 Å². The van der Waals surface area contributed by atoms with E-state index in [1.54, 1.807) is 7.11 Å². The molecule has 2 N–H and O–H groups in total. The van der Waals surface area contributed by atoms with Crippen LogP contribution in [0.25, 0.3) is 0 Å². The van der Waals surface area contributed by atoms with Crippen molar-refractivity contribution in [2.24, 2.45) is 16.7 Å². The van der Waals surface area contributed by atoms with Gasteiger partial charge in [0.25, 0.3) is 0 Å². The number of rotatable bonds is 9. The average Bonchev–Trinajstić information content (AvgIpc) is 3.61. The van der Waals surface area contributed by atoms with Crippen molar-refractivity contribution in [3.05, 3.63) is 29.8 Å². The average molecular weight is 387 g/mol. The van der Waals surface area contributed by atoms with Gasteiger partial charge in [-0.1, -0.05) is 19.1 Å². The van der Waals surface area contributed by atoms with E-state index in [9.17, 15) is 9.90 Å². The van der Waals surface area contributed by atoms with Crippen LogP contribution < -0.4 is 10.1 Å². The van der Waals surface area contributed by atoms with Gasteiger partial charge < -0.3 is 20.1 Å². The fourth-order valence-corrected chi connectivity index (χ4v) is 4.75. The number of hydrogen-bond acceptors (Lipinski definition) is 4. The summed E-state index contributed by atoms with van der Waals surface area (Å²) in [4.78, 5) is 13.9. The van der Waals surface area contributed by atoms with Crippen molar-refractivity contribution in [1.82, 2.24) is 10.2 Å². The number of ether oxygens (including phenoxy) is 1. The summed E-state index contributed by atoms with van der Waals surface area (Å²) in [7, 11) is 1.71. The standard InChI is InChI=1S/C23H34N2O3/c1-17-13-20(17)24-15-22(14-18-3-5-19(28-2)6-4-18)9-11-25(12-10-22)16-23(7-8-23)21(26)27/h3-6,17,20,24H,7-16H2,1-2H3,(H,26,27)/t17-,20-/m1/s1. The minimum Gasteiger partial charge on any atom is -0.497 e. The molecule has 5 nitrogen and oxygen atoms in total. The van der Waals surface area contributed by atoms with Crippen LogP contribution in [0, 0.1) is 16.7 Å². The molecule has 1 heterocycles. The molecule has 4 rings (SSSR count). The van der Waals surface area contributed by atoms with E-state index in [1.807, 2.05) is 0 Å². The fourth-order valence-electron chi connectivity index (χ4n) is 4.75. The van der Waals surface area contributed by atoms with Gasteiger partial charge in [0.1, 0.15) is 5.75 Å². The van der Waals surface area contributed by atoms with E-state index in [2.05, 4.69) is 41.4 Å². The van der Waals surface area contributed by atoms with E-state index in [1.165, 1.54) is 12.0 Å². The Kier molecular flexibility index (Phi) is 5.41. The van der Waals surface area contributed by atoms with Gasteiger partial charge in [0.2, 0.25) is 0 Å². The van der Waals surface area contributed by atoms with E-state index < -0.39 is 11.4 Å². The molecular formula is C23H34N2O3. The molecule has 0 aromatic heterocycles. The number of methoxy groups -OCH3 is 1. The number of carbonyl (C=O) groups is 1. The number of nitrogens with one attached hydrogen (secondary N) is 1. The van der Waals surface area contributed by atoms with Gasteiger partial charge in [-0.05, 0) is 80.6 Å². The number of hydrogen-bond donors (Lipinski definition) is 2. The van der Waals surface area contributed by atoms with Gasteiger partial charge in [-0.25, -0.2) is 0 Å². The van der Waals surface area contributed by atoms with Crippen LogP contribution in [0.15, 0.2) is 24.3 Å². The summed E-state index contributed by atoms with van der Waals surface area (Å²) in [6, 6.07) is 9.18. The molecular weight excluding hydrogens is 352 g/mol. The normalized spacial score (nSPS) is 27.9. The van der Waals surface area contributed by atoms with Crippen molar-refractivity contribution in [3.8, 4) is 5.75 Å². The summed E-state index contributed by atoms with van der Waals surface area (Å²) < 4.78 is 5.30. The van der Waals surface area contributed by atoms with Gasteiger partial charge in [0, 0.05) is 19.1 Å². The maximum atomic E-state index is 11.5. The third kappa shape index (κ3) is 4.36. The highest BCUT2D eigenvalue weighted by Crippen LogP contribution is 2.47. The summed E-state index contributed by atoms with van der Waals surface area (Å²) in [5.74, 6) is 1.11. The van der Waals surface area contributed by atoms with Crippen molar-refractivity contribution >= 4 is 5.97 Å². The lowest BCUT2D eigenvalue weighted by molar-refractivity contribution is -0.144. The first-order chi connectivity index (χ1) is 13.4. The Labute approximate surface area is 168 Å². The summed E-state index contributed by atoms with van der Waals surface area (Å²) in [5, 5.41) is 13.3. The molecule has 1 aromatic rings. The zero-order valence-electron chi connectivity index (χ0n) is 17.2. The quantitative estimate of drug-likeness (QED) is 0.683. The SMILES string of the molecule is COc1ccc(CC2(CN[C@@H]3C[C@H]3C)CCN(CC3(C(=O)O)CC3)CC2)cc1. The summed E-state index contributed by atoms with van der Waals surface area (Å²) in [6.07, 6.45) is 6.31. The summed E-state index contributed by atoms with van der Waals surface area (Å²) >= 11 is 0. The number of likely N-dealkylation sites (tertiary alicyclic amines) is 1. The van der Waals surface area contributed by atoms with E-state index >= 15 is 0 Å². The third-order valence-electron chi connectivity index (χ3n) is 7.34. The zero-order chi connectivity index (χ0) is 19.8. The van der Waals surface area contributed by atoms with Crippen LogP contribution in [0.3, 0.4) is 0 Å². The number of piperidine rings is 1. The summed E-state index contributed by atoms with van der Waals surface area (Å²) in [5.41, 5.74) is 1.18. The maximum Gasteiger partial charge on any atom is 0.310 e. The first-order valence-electron chi connectivity index (χ1n) is 10.8. The molecule has 5 heteroatoms. The Bertz CT molecular complexity index is 690. The second-order valence-electron chi connectivity index (χ2n) is 9.59. The van der Waals surface area contributed by atoms with Crippen LogP contribution in [-0.2, 0) is 11.2 Å². The van der Waals surface area contributed by atoms with Crippen LogP contribution in [0.1, 0.15) is 44.6 Å². The Morgan fingerprint density at radius 2 is 1.86 bits per heavy atom. The monoisotopic (exact) mass is 386 g/mol. The second-order valence-corrected chi connectivity index (χ2v) is 9.59. The van der Waals surface area contributed by atoms with Crippen molar-refractivity contribution in [2.75, 3.05) is 33.3 Å². The highest BCUT2D eigenvalue weighted by atomic mass is 16.5. The number of aliphatic carboxylic acids is 1. The minimum atomic E-state index is -0.605. The van der Waals surface area contributed by atoms with E-state index in [4.69, 9.17) is 4.74 Å². The molecule has 0 unspecified atom stereocenters.